The minimum atomic E-state index is 0. The largest absolute Gasteiger partial charge is 0.508 e. The van der Waals surface area contributed by atoms with Gasteiger partial charge in [-0.15, -0.1) is 17.0 Å². The molecule has 1 aliphatic rings. The maximum Gasteiger partial charge on any atom is 0.115 e. The lowest BCUT2D eigenvalue weighted by molar-refractivity contribution is 0.335. The van der Waals surface area contributed by atoms with Crippen molar-refractivity contribution in [3.63, 3.8) is 0 Å². The lowest BCUT2D eigenvalue weighted by atomic mass is 9.75. The van der Waals surface area contributed by atoms with Crippen LogP contribution in [0.25, 0.3) is 0 Å². The normalized spacial score (nSPS) is 17.4. The van der Waals surface area contributed by atoms with Gasteiger partial charge in [0.1, 0.15) is 5.75 Å². The predicted octanol–water partition coefficient (Wildman–Crippen LogP) is 4.12. The average Bonchev–Trinajstić information content (AvgIpc) is 2.78. The molecule has 0 saturated heterocycles. The van der Waals surface area contributed by atoms with Crippen molar-refractivity contribution in [1.82, 2.24) is 4.90 Å². The van der Waals surface area contributed by atoms with Crippen LogP contribution in [-0.2, 0) is 5.41 Å². The Kier molecular flexibility index (Phi) is 6.34. The lowest BCUT2D eigenvalue weighted by Crippen LogP contribution is -2.24. The first-order valence-corrected chi connectivity index (χ1v) is 7.07. The molecule has 0 aromatic heterocycles. The molecule has 0 atom stereocenters. The van der Waals surface area contributed by atoms with Crippen LogP contribution in [0, 0.1) is 0 Å². The van der Waals surface area contributed by atoms with Crippen LogP contribution in [0.2, 0.25) is 0 Å². The molecule has 0 radical (unpaired) electrons. The standard InChI is InChI=1S/C16H25NO.BrH/c1-17(2)12-6-11-16(9-3-4-10-16)14-7-5-8-15(18)13-14;/h5,7-8,13,18H,3-4,6,9-12H2,1-2H3;1H. The first-order valence-electron chi connectivity index (χ1n) is 7.07. The van der Waals surface area contributed by atoms with Gasteiger partial charge in [-0.1, -0.05) is 25.0 Å². The summed E-state index contributed by atoms with van der Waals surface area (Å²) in [6, 6.07) is 7.92. The third kappa shape index (κ3) is 4.22. The van der Waals surface area contributed by atoms with Gasteiger partial charge < -0.3 is 10.0 Å². The SMILES string of the molecule is Br.CN(C)CCCC1(c2cccc(O)c2)CCCC1. The molecule has 0 spiro atoms. The van der Waals surface area contributed by atoms with Crippen molar-refractivity contribution in [2.24, 2.45) is 0 Å². The Hall–Kier alpha value is -0.540. The number of nitrogens with zero attached hydrogens (tertiary/aromatic N) is 1. The van der Waals surface area contributed by atoms with Crippen LogP contribution in [0.1, 0.15) is 44.1 Å². The Bertz CT molecular complexity index is 386. The summed E-state index contributed by atoms with van der Waals surface area (Å²) in [7, 11) is 4.27. The maximum absolute atomic E-state index is 9.69. The van der Waals surface area contributed by atoms with Gasteiger partial charge in [0, 0.05) is 0 Å². The molecule has 0 bridgehead atoms. The van der Waals surface area contributed by atoms with Gasteiger partial charge in [0.25, 0.3) is 0 Å². The van der Waals surface area contributed by atoms with E-state index in [0.29, 0.717) is 11.2 Å². The Morgan fingerprint density at radius 2 is 1.89 bits per heavy atom. The zero-order valence-electron chi connectivity index (χ0n) is 12.1. The summed E-state index contributed by atoms with van der Waals surface area (Å²) in [5, 5.41) is 9.69. The first-order chi connectivity index (χ1) is 8.62. The van der Waals surface area contributed by atoms with Gasteiger partial charge in [-0.3, -0.25) is 0 Å². The second-order valence-electron chi connectivity index (χ2n) is 5.94. The molecule has 1 saturated carbocycles. The molecule has 3 heteroatoms. The van der Waals surface area contributed by atoms with E-state index in [1.54, 1.807) is 6.07 Å². The highest BCUT2D eigenvalue weighted by molar-refractivity contribution is 8.93. The summed E-state index contributed by atoms with van der Waals surface area (Å²) in [5.41, 5.74) is 1.67. The van der Waals surface area contributed by atoms with E-state index in [1.165, 1.54) is 44.1 Å². The average molecular weight is 328 g/mol. The molecule has 1 aliphatic carbocycles. The number of aromatic hydroxyl groups is 1. The summed E-state index contributed by atoms with van der Waals surface area (Å²) in [4.78, 5) is 2.26. The first kappa shape index (κ1) is 16.5. The van der Waals surface area contributed by atoms with Crippen molar-refractivity contribution >= 4 is 17.0 Å². The van der Waals surface area contributed by atoms with Crippen molar-refractivity contribution in [3.8, 4) is 5.75 Å². The topological polar surface area (TPSA) is 23.5 Å². The van der Waals surface area contributed by atoms with E-state index in [1.807, 2.05) is 12.1 Å². The van der Waals surface area contributed by atoms with Crippen LogP contribution in [0.15, 0.2) is 24.3 Å². The number of hydrogen-bond acceptors (Lipinski definition) is 2. The lowest BCUT2D eigenvalue weighted by Gasteiger charge is -2.30. The molecular formula is C16H26BrNO. The van der Waals surface area contributed by atoms with E-state index in [4.69, 9.17) is 0 Å². The smallest absolute Gasteiger partial charge is 0.115 e. The molecule has 2 rings (SSSR count). The van der Waals surface area contributed by atoms with Gasteiger partial charge in [0.15, 0.2) is 0 Å². The molecule has 0 heterocycles. The summed E-state index contributed by atoms with van der Waals surface area (Å²) in [5.74, 6) is 0.409. The van der Waals surface area contributed by atoms with Gasteiger partial charge in [-0.2, -0.15) is 0 Å². The Morgan fingerprint density at radius 3 is 2.47 bits per heavy atom. The molecule has 1 N–H and O–H groups in total. The van der Waals surface area contributed by atoms with Gasteiger partial charge in [0.2, 0.25) is 0 Å². The van der Waals surface area contributed by atoms with E-state index >= 15 is 0 Å². The highest BCUT2D eigenvalue weighted by Crippen LogP contribution is 2.45. The zero-order valence-corrected chi connectivity index (χ0v) is 13.8. The number of halogens is 1. The number of benzene rings is 1. The maximum atomic E-state index is 9.69. The second-order valence-corrected chi connectivity index (χ2v) is 5.94. The summed E-state index contributed by atoms with van der Waals surface area (Å²) in [6.07, 6.45) is 7.71. The fraction of sp³-hybridized carbons (Fsp3) is 0.625. The summed E-state index contributed by atoms with van der Waals surface area (Å²) >= 11 is 0. The molecule has 1 aromatic rings. The molecule has 1 fully saturated rings. The van der Waals surface area contributed by atoms with Crippen molar-refractivity contribution in [1.29, 1.82) is 0 Å². The highest BCUT2D eigenvalue weighted by Gasteiger charge is 2.35. The molecule has 0 amide bonds. The molecule has 2 nitrogen and oxygen atoms in total. The quantitative estimate of drug-likeness (QED) is 0.879. The van der Waals surface area contributed by atoms with E-state index in [-0.39, 0.29) is 17.0 Å². The molecular weight excluding hydrogens is 302 g/mol. The number of hydrogen-bond donors (Lipinski definition) is 1. The number of phenolic OH excluding ortho intramolecular Hbond substituents is 1. The van der Waals surface area contributed by atoms with E-state index < -0.39 is 0 Å². The van der Waals surface area contributed by atoms with Crippen LogP contribution >= 0.6 is 17.0 Å². The van der Waals surface area contributed by atoms with Crippen LogP contribution < -0.4 is 0 Å². The van der Waals surface area contributed by atoms with Crippen molar-refractivity contribution < 1.29 is 5.11 Å². The van der Waals surface area contributed by atoms with Crippen LogP contribution in [0.5, 0.6) is 5.75 Å². The Morgan fingerprint density at radius 1 is 1.21 bits per heavy atom. The van der Waals surface area contributed by atoms with Crippen LogP contribution in [0.4, 0.5) is 0 Å². The Balaban J connectivity index is 0.00000180. The van der Waals surface area contributed by atoms with Gasteiger partial charge in [-0.05, 0) is 69.4 Å². The van der Waals surface area contributed by atoms with Gasteiger partial charge in [-0.25, -0.2) is 0 Å². The van der Waals surface area contributed by atoms with Crippen molar-refractivity contribution in [2.45, 2.75) is 43.9 Å². The second kappa shape index (κ2) is 7.30. The fourth-order valence-electron chi connectivity index (χ4n) is 3.30. The Labute approximate surface area is 127 Å². The predicted molar refractivity (Wildman–Crippen MR) is 86.4 cm³/mol. The zero-order chi connectivity index (χ0) is 13.0. The number of phenols is 1. The molecule has 0 unspecified atom stereocenters. The molecule has 19 heavy (non-hydrogen) atoms. The van der Waals surface area contributed by atoms with E-state index in [0.717, 1.165) is 6.54 Å². The third-order valence-electron chi connectivity index (χ3n) is 4.28. The minimum Gasteiger partial charge on any atom is -0.508 e. The fourth-order valence-corrected chi connectivity index (χ4v) is 3.30. The van der Waals surface area contributed by atoms with Crippen molar-refractivity contribution in [3.05, 3.63) is 29.8 Å². The third-order valence-corrected chi connectivity index (χ3v) is 4.28. The molecule has 1 aromatic carbocycles. The van der Waals surface area contributed by atoms with E-state index in [9.17, 15) is 5.11 Å². The van der Waals surface area contributed by atoms with Crippen LogP contribution in [-0.4, -0.2) is 30.6 Å². The van der Waals surface area contributed by atoms with Crippen molar-refractivity contribution in [2.75, 3.05) is 20.6 Å². The monoisotopic (exact) mass is 327 g/mol. The van der Waals surface area contributed by atoms with E-state index in [2.05, 4.69) is 25.1 Å². The van der Waals surface area contributed by atoms with Crippen LogP contribution in [0.3, 0.4) is 0 Å². The summed E-state index contributed by atoms with van der Waals surface area (Å²) in [6.45, 7) is 1.15. The van der Waals surface area contributed by atoms with Gasteiger partial charge in [0.05, 0.1) is 0 Å². The molecule has 108 valence electrons. The molecule has 0 aliphatic heterocycles. The highest BCUT2D eigenvalue weighted by atomic mass is 79.9. The minimum absolute atomic E-state index is 0. The number of rotatable bonds is 5. The van der Waals surface area contributed by atoms with Gasteiger partial charge >= 0.3 is 0 Å². The summed E-state index contributed by atoms with van der Waals surface area (Å²) < 4.78 is 0.